The van der Waals surface area contributed by atoms with Gasteiger partial charge in [-0.1, -0.05) is 6.07 Å². The van der Waals surface area contributed by atoms with Crippen molar-refractivity contribution in [3.8, 4) is 0 Å². The van der Waals surface area contributed by atoms with Crippen molar-refractivity contribution in [3.63, 3.8) is 0 Å². The first-order valence-corrected chi connectivity index (χ1v) is 5.35. The Bertz CT molecular complexity index is 603. The number of hydrogen-bond acceptors (Lipinski definition) is 2. The molecule has 2 aromatic rings. The zero-order valence-corrected chi connectivity index (χ0v) is 9.71. The maximum absolute atomic E-state index is 13.5. The van der Waals surface area contributed by atoms with Gasteiger partial charge in [0, 0.05) is 11.3 Å². The first kappa shape index (κ1) is 12.2. The molecular formula is C14H11F2NO. The summed E-state index contributed by atoms with van der Waals surface area (Å²) < 4.78 is 27.0. The van der Waals surface area contributed by atoms with Gasteiger partial charge in [0.15, 0.2) is 5.78 Å². The van der Waals surface area contributed by atoms with E-state index >= 15 is 0 Å². The summed E-state index contributed by atoms with van der Waals surface area (Å²) in [6.45, 7) is 1.67. The van der Waals surface area contributed by atoms with Gasteiger partial charge in [-0.2, -0.15) is 0 Å². The van der Waals surface area contributed by atoms with Gasteiger partial charge in [-0.05, 0) is 42.8 Å². The molecule has 0 radical (unpaired) electrons. The number of ketones is 1. The minimum Gasteiger partial charge on any atom is -0.399 e. The smallest absolute Gasteiger partial charge is 0.199 e. The van der Waals surface area contributed by atoms with E-state index in [9.17, 15) is 13.6 Å². The Morgan fingerprint density at radius 1 is 1.11 bits per heavy atom. The molecule has 0 aromatic heterocycles. The second-order valence-electron chi connectivity index (χ2n) is 4.00. The summed E-state index contributed by atoms with van der Waals surface area (Å²) in [5.74, 6) is -2.41. The molecule has 0 aliphatic rings. The van der Waals surface area contributed by atoms with Crippen molar-refractivity contribution >= 4 is 11.5 Å². The molecule has 0 fully saturated rings. The largest absolute Gasteiger partial charge is 0.399 e. The zero-order chi connectivity index (χ0) is 13.3. The highest BCUT2D eigenvalue weighted by atomic mass is 19.1. The van der Waals surface area contributed by atoms with Gasteiger partial charge in [0.05, 0.1) is 5.56 Å². The summed E-state index contributed by atoms with van der Waals surface area (Å²) in [6, 6.07) is 7.92. The predicted molar refractivity (Wildman–Crippen MR) is 65.4 cm³/mol. The van der Waals surface area contributed by atoms with Crippen LogP contribution in [0.15, 0.2) is 36.4 Å². The molecule has 0 amide bonds. The minimum absolute atomic E-state index is 0.244. The number of aryl methyl sites for hydroxylation is 1. The van der Waals surface area contributed by atoms with Crippen LogP contribution in [-0.2, 0) is 0 Å². The summed E-state index contributed by atoms with van der Waals surface area (Å²) in [5, 5.41) is 0. The maximum atomic E-state index is 13.5. The number of carbonyl (C=O) groups is 1. The molecule has 2 N–H and O–H groups in total. The molecular weight excluding hydrogens is 236 g/mol. The molecule has 0 bridgehead atoms. The molecule has 0 saturated heterocycles. The lowest BCUT2D eigenvalue weighted by molar-refractivity contribution is 0.103. The van der Waals surface area contributed by atoms with Crippen LogP contribution in [0.5, 0.6) is 0 Å². The van der Waals surface area contributed by atoms with Gasteiger partial charge in [0.1, 0.15) is 11.6 Å². The van der Waals surface area contributed by atoms with Gasteiger partial charge in [-0.25, -0.2) is 8.78 Å². The summed E-state index contributed by atoms with van der Waals surface area (Å²) >= 11 is 0. The van der Waals surface area contributed by atoms with Gasteiger partial charge in [-0.15, -0.1) is 0 Å². The van der Waals surface area contributed by atoms with Crippen LogP contribution in [0.2, 0.25) is 0 Å². The Morgan fingerprint density at radius 2 is 1.72 bits per heavy atom. The van der Waals surface area contributed by atoms with Crippen molar-refractivity contribution in [3.05, 3.63) is 64.7 Å². The van der Waals surface area contributed by atoms with Crippen molar-refractivity contribution in [2.24, 2.45) is 0 Å². The van der Waals surface area contributed by atoms with Gasteiger partial charge in [0.25, 0.3) is 0 Å². The van der Waals surface area contributed by atoms with Crippen molar-refractivity contribution in [1.82, 2.24) is 0 Å². The molecule has 18 heavy (non-hydrogen) atoms. The normalized spacial score (nSPS) is 10.4. The van der Waals surface area contributed by atoms with Crippen LogP contribution in [0.25, 0.3) is 0 Å². The van der Waals surface area contributed by atoms with Crippen LogP contribution in [-0.4, -0.2) is 5.78 Å². The summed E-state index contributed by atoms with van der Waals surface area (Å²) in [5.41, 5.74) is 6.36. The standard InChI is InChI=1S/C14H11F2NO/c1-8-7-9(17)5-6-10(8)14(18)13-11(15)3-2-4-12(13)16/h2-7H,17H2,1H3. The Labute approximate surface area is 103 Å². The van der Waals surface area contributed by atoms with Crippen molar-refractivity contribution < 1.29 is 13.6 Å². The molecule has 2 aromatic carbocycles. The fourth-order valence-electron chi connectivity index (χ4n) is 1.79. The van der Waals surface area contributed by atoms with E-state index in [0.29, 0.717) is 11.3 Å². The van der Waals surface area contributed by atoms with Crippen molar-refractivity contribution in [1.29, 1.82) is 0 Å². The topological polar surface area (TPSA) is 43.1 Å². The molecule has 0 atom stereocenters. The fraction of sp³-hybridized carbons (Fsp3) is 0.0714. The highest BCUT2D eigenvalue weighted by Crippen LogP contribution is 2.20. The third kappa shape index (κ3) is 2.09. The monoisotopic (exact) mass is 247 g/mol. The van der Waals surface area contributed by atoms with Gasteiger partial charge >= 0.3 is 0 Å². The molecule has 92 valence electrons. The molecule has 0 unspecified atom stereocenters. The number of hydrogen-bond donors (Lipinski definition) is 1. The van der Waals surface area contributed by atoms with Gasteiger partial charge in [-0.3, -0.25) is 4.79 Å². The van der Waals surface area contributed by atoms with E-state index in [0.717, 1.165) is 12.1 Å². The van der Waals surface area contributed by atoms with Crippen LogP contribution in [0.3, 0.4) is 0 Å². The number of carbonyl (C=O) groups excluding carboxylic acids is 1. The van der Waals surface area contributed by atoms with E-state index in [1.807, 2.05) is 0 Å². The quantitative estimate of drug-likeness (QED) is 0.654. The lowest BCUT2D eigenvalue weighted by Gasteiger charge is -2.07. The molecule has 0 spiro atoms. The number of benzene rings is 2. The SMILES string of the molecule is Cc1cc(N)ccc1C(=O)c1c(F)cccc1F. The van der Waals surface area contributed by atoms with E-state index in [1.165, 1.54) is 18.2 Å². The molecule has 0 saturated carbocycles. The van der Waals surface area contributed by atoms with Gasteiger partial charge < -0.3 is 5.73 Å². The first-order valence-electron chi connectivity index (χ1n) is 5.35. The molecule has 0 heterocycles. The van der Waals surface area contributed by atoms with Crippen molar-refractivity contribution in [2.75, 3.05) is 5.73 Å². The summed E-state index contributed by atoms with van der Waals surface area (Å²) in [6.07, 6.45) is 0. The first-order chi connectivity index (χ1) is 8.50. The Kier molecular flexibility index (Phi) is 3.10. The third-order valence-electron chi connectivity index (χ3n) is 2.68. The fourth-order valence-corrected chi connectivity index (χ4v) is 1.79. The molecule has 4 heteroatoms. The van der Waals surface area contributed by atoms with E-state index in [4.69, 9.17) is 5.73 Å². The van der Waals surface area contributed by atoms with Crippen molar-refractivity contribution in [2.45, 2.75) is 6.92 Å². The van der Waals surface area contributed by atoms with E-state index in [-0.39, 0.29) is 5.56 Å². The molecule has 2 rings (SSSR count). The Morgan fingerprint density at radius 3 is 2.28 bits per heavy atom. The lowest BCUT2D eigenvalue weighted by atomic mass is 9.98. The maximum Gasteiger partial charge on any atom is 0.199 e. The summed E-state index contributed by atoms with van der Waals surface area (Å²) in [7, 11) is 0. The van der Waals surface area contributed by atoms with Crippen LogP contribution in [0.4, 0.5) is 14.5 Å². The summed E-state index contributed by atoms with van der Waals surface area (Å²) in [4.78, 5) is 12.1. The van der Waals surface area contributed by atoms with Crippen LogP contribution >= 0.6 is 0 Å². The predicted octanol–water partition coefficient (Wildman–Crippen LogP) is 3.09. The number of rotatable bonds is 2. The third-order valence-corrected chi connectivity index (χ3v) is 2.68. The number of halogens is 2. The van der Waals surface area contributed by atoms with Crippen LogP contribution in [0, 0.1) is 18.6 Å². The van der Waals surface area contributed by atoms with Crippen LogP contribution < -0.4 is 5.73 Å². The highest BCUT2D eigenvalue weighted by molar-refractivity contribution is 6.10. The second kappa shape index (κ2) is 4.56. The number of anilines is 1. The highest BCUT2D eigenvalue weighted by Gasteiger charge is 2.19. The lowest BCUT2D eigenvalue weighted by Crippen LogP contribution is -2.09. The molecule has 0 aliphatic heterocycles. The van der Waals surface area contributed by atoms with Crippen LogP contribution in [0.1, 0.15) is 21.5 Å². The average molecular weight is 247 g/mol. The zero-order valence-electron chi connectivity index (χ0n) is 9.71. The second-order valence-corrected chi connectivity index (χ2v) is 4.00. The van der Waals surface area contributed by atoms with E-state index in [1.54, 1.807) is 13.0 Å². The van der Waals surface area contributed by atoms with E-state index in [2.05, 4.69) is 0 Å². The molecule has 0 aliphatic carbocycles. The number of nitrogens with two attached hydrogens (primary N) is 1. The van der Waals surface area contributed by atoms with Gasteiger partial charge in [0.2, 0.25) is 0 Å². The Hall–Kier alpha value is -2.23. The molecule has 2 nitrogen and oxygen atoms in total. The Balaban J connectivity index is 2.55. The number of nitrogen functional groups attached to an aromatic ring is 1. The van der Waals surface area contributed by atoms with E-state index < -0.39 is 23.0 Å². The average Bonchev–Trinajstić information content (AvgIpc) is 2.28. The minimum atomic E-state index is -0.865.